The molecule has 0 N–H and O–H groups in total. The van der Waals surface area contributed by atoms with Gasteiger partial charge in [-0.2, -0.15) is 0 Å². The van der Waals surface area contributed by atoms with Crippen LogP contribution in [0.25, 0.3) is 0 Å². The summed E-state index contributed by atoms with van der Waals surface area (Å²) in [6.45, 7) is 3.16. The first-order chi connectivity index (χ1) is 12.0. The number of nitrogens with zero attached hydrogens (tertiary/aromatic N) is 2. The van der Waals surface area contributed by atoms with Crippen molar-refractivity contribution in [2.45, 2.75) is 19.8 Å². The largest absolute Gasteiger partial charge is 0.312 e. The molecule has 1 atom stereocenters. The van der Waals surface area contributed by atoms with Crippen LogP contribution >= 0.6 is 15.9 Å². The minimum absolute atomic E-state index is 0.0209. The van der Waals surface area contributed by atoms with Gasteiger partial charge in [0.25, 0.3) is 0 Å². The highest BCUT2D eigenvalue weighted by molar-refractivity contribution is 9.10. The third kappa shape index (κ3) is 2.86. The van der Waals surface area contributed by atoms with E-state index < -0.39 is 0 Å². The van der Waals surface area contributed by atoms with Crippen molar-refractivity contribution in [2.75, 3.05) is 22.9 Å². The second-order valence-electron chi connectivity index (χ2n) is 6.71. The van der Waals surface area contributed by atoms with Crippen molar-refractivity contribution >= 4 is 39.1 Å². The number of hydrogen-bond donors (Lipinski definition) is 0. The van der Waals surface area contributed by atoms with Crippen LogP contribution in [-0.2, 0) is 16.0 Å². The maximum atomic E-state index is 13.0. The van der Waals surface area contributed by atoms with E-state index in [1.165, 1.54) is 5.56 Å². The number of hydrogen-bond acceptors (Lipinski definition) is 2. The van der Waals surface area contributed by atoms with E-state index in [1.807, 2.05) is 48.2 Å². The summed E-state index contributed by atoms with van der Waals surface area (Å²) >= 11 is 3.48. The van der Waals surface area contributed by atoms with E-state index in [-0.39, 0.29) is 24.2 Å². The number of anilines is 2. The van der Waals surface area contributed by atoms with Crippen molar-refractivity contribution in [1.82, 2.24) is 0 Å². The molecular formula is C20H19BrN2O2. The van der Waals surface area contributed by atoms with Crippen LogP contribution in [0.2, 0.25) is 0 Å². The van der Waals surface area contributed by atoms with Crippen molar-refractivity contribution in [1.29, 1.82) is 0 Å². The van der Waals surface area contributed by atoms with Gasteiger partial charge in [-0.25, -0.2) is 0 Å². The molecule has 2 heterocycles. The van der Waals surface area contributed by atoms with Gasteiger partial charge in [0.1, 0.15) is 0 Å². The SMILES string of the molecule is Cc1cc(N2CC(C(=O)N3CCc4ccccc43)CC2=O)ccc1Br. The van der Waals surface area contributed by atoms with Crippen LogP contribution in [0.15, 0.2) is 46.9 Å². The van der Waals surface area contributed by atoms with Crippen molar-refractivity contribution < 1.29 is 9.59 Å². The molecule has 0 bridgehead atoms. The number of halogens is 1. The topological polar surface area (TPSA) is 40.6 Å². The molecule has 128 valence electrons. The Labute approximate surface area is 155 Å². The molecule has 2 aliphatic rings. The Kier molecular flexibility index (Phi) is 4.12. The molecule has 0 aromatic heterocycles. The number of carbonyl (C=O) groups excluding carboxylic acids is 2. The van der Waals surface area contributed by atoms with Gasteiger partial charge in [-0.15, -0.1) is 0 Å². The first-order valence-corrected chi connectivity index (χ1v) is 9.29. The van der Waals surface area contributed by atoms with Gasteiger partial charge in [0.15, 0.2) is 0 Å². The first kappa shape index (κ1) is 16.3. The lowest BCUT2D eigenvalue weighted by molar-refractivity contribution is -0.124. The normalized spacial score (nSPS) is 19.4. The molecule has 1 unspecified atom stereocenters. The Hall–Kier alpha value is -2.14. The molecule has 4 nitrogen and oxygen atoms in total. The van der Waals surface area contributed by atoms with Gasteiger partial charge >= 0.3 is 0 Å². The van der Waals surface area contributed by atoms with E-state index >= 15 is 0 Å². The summed E-state index contributed by atoms with van der Waals surface area (Å²) in [5, 5.41) is 0. The molecule has 2 aliphatic heterocycles. The van der Waals surface area contributed by atoms with E-state index in [0.29, 0.717) is 13.1 Å². The molecule has 1 fully saturated rings. The molecule has 2 aromatic rings. The van der Waals surface area contributed by atoms with Gasteiger partial charge in [-0.1, -0.05) is 34.1 Å². The second-order valence-corrected chi connectivity index (χ2v) is 7.56. The molecular weight excluding hydrogens is 380 g/mol. The fourth-order valence-electron chi connectivity index (χ4n) is 3.71. The number of para-hydroxylation sites is 1. The van der Waals surface area contributed by atoms with Crippen molar-refractivity contribution in [2.24, 2.45) is 5.92 Å². The fourth-order valence-corrected chi connectivity index (χ4v) is 3.95. The Morgan fingerprint density at radius 3 is 2.80 bits per heavy atom. The minimum Gasteiger partial charge on any atom is -0.312 e. The quantitative estimate of drug-likeness (QED) is 0.773. The highest BCUT2D eigenvalue weighted by Crippen LogP contribution is 2.33. The van der Waals surface area contributed by atoms with Crippen LogP contribution in [0.4, 0.5) is 11.4 Å². The van der Waals surface area contributed by atoms with Crippen LogP contribution in [0.5, 0.6) is 0 Å². The summed E-state index contributed by atoms with van der Waals surface area (Å²) < 4.78 is 1.02. The average Bonchev–Trinajstić information content (AvgIpc) is 3.20. The summed E-state index contributed by atoms with van der Waals surface area (Å²) in [5.74, 6) is -0.190. The second kappa shape index (κ2) is 6.30. The summed E-state index contributed by atoms with van der Waals surface area (Å²) in [6, 6.07) is 13.9. The highest BCUT2D eigenvalue weighted by Gasteiger charge is 2.39. The maximum Gasteiger partial charge on any atom is 0.232 e. The van der Waals surface area contributed by atoms with Crippen molar-refractivity contribution in [3.8, 4) is 0 Å². The third-order valence-corrected chi connectivity index (χ3v) is 5.97. The van der Waals surface area contributed by atoms with Crippen LogP contribution < -0.4 is 9.80 Å². The maximum absolute atomic E-state index is 13.0. The predicted molar refractivity (Wildman–Crippen MR) is 102 cm³/mol. The molecule has 2 aromatic carbocycles. The molecule has 5 heteroatoms. The van der Waals surface area contributed by atoms with Gasteiger partial charge in [0.2, 0.25) is 11.8 Å². The summed E-state index contributed by atoms with van der Waals surface area (Å²) in [5.41, 5.74) is 4.15. The molecule has 0 aliphatic carbocycles. The number of fused-ring (bicyclic) bond motifs is 1. The fraction of sp³-hybridized carbons (Fsp3) is 0.300. The summed E-state index contributed by atoms with van der Waals surface area (Å²) in [4.78, 5) is 29.1. The standard InChI is InChI=1S/C20H19BrN2O2/c1-13-10-16(6-7-17(13)21)23-12-15(11-19(23)24)20(25)22-9-8-14-4-2-3-5-18(14)22/h2-7,10,15H,8-9,11-12H2,1H3. The van der Waals surface area contributed by atoms with E-state index in [2.05, 4.69) is 22.0 Å². The average molecular weight is 399 g/mol. The zero-order chi connectivity index (χ0) is 17.6. The first-order valence-electron chi connectivity index (χ1n) is 8.50. The number of amides is 2. The molecule has 0 spiro atoms. The highest BCUT2D eigenvalue weighted by atomic mass is 79.9. The lowest BCUT2D eigenvalue weighted by Crippen LogP contribution is -2.36. The van der Waals surface area contributed by atoms with E-state index in [4.69, 9.17) is 0 Å². The lowest BCUT2D eigenvalue weighted by atomic mass is 10.1. The Bertz CT molecular complexity index is 865. The Morgan fingerprint density at radius 2 is 2.00 bits per heavy atom. The van der Waals surface area contributed by atoms with E-state index in [9.17, 15) is 9.59 Å². The molecule has 1 saturated heterocycles. The molecule has 0 saturated carbocycles. The molecule has 0 radical (unpaired) electrons. The van der Waals surface area contributed by atoms with Crippen LogP contribution in [0, 0.1) is 12.8 Å². The van der Waals surface area contributed by atoms with E-state index in [0.717, 1.165) is 27.8 Å². The lowest BCUT2D eigenvalue weighted by Gasteiger charge is -2.22. The third-order valence-electron chi connectivity index (χ3n) is 5.08. The monoisotopic (exact) mass is 398 g/mol. The van der Waals surface area contributed by atoms with Gasteiger partial charge < -0.3 is 9.80 Å². The van der Waals surface area contributed by atoms with Gasteiger partial charge in [0, 0.05) is 35.4 Å². The Morgan fingerprint density at radius 1 is 1.20 bits per heavy atom. The molecule has 25 heavy (non-hydrogen) atoms. The number of benzene rings is 2. The van der Waals surface area contributed by atoms with Crippen molar-refractivity contribution in [3.05, 3.63) is 58.1 Å². The van der Waals surface area contributed by atoms with E-state index in [1.54, 1.807) is 4.90 Å². The summed E-state index contributed by atoms with van der Waals surface area (Å²) in [6.07, 6.45) is 1.17. The predicted octanol–water partition coefficient (Wildman–Crippen LogP) is 3.70. The Balaban J connectivity index is 1.54. The van der Waals surface area contributed by atoms with Gasteiger partial charge in [0.05, 0.1) is 5.92 Å². The van der Waals surface area contributed by atoms with Crippen LogP contribution in [-0.4, -0.2) is 24.9 Å². The zero-order valence-electron chi connectivity index (χ0n) is 14.0. The van der Waals surface area contributed by atoms with Crippen LogP contribution in [0.3, 0.4) is 0 Å². The smallest absolute Gasteiger partial charge is 0.232 e. The molecule has 4 rings (SSSR count). The van der Waals surface area contributed by atoms with Crippen molar-refractivity contribution in [3.63, 3.8) is 0 Å². The van der Waals surface area contributed by atoms with Crippen LogP contribution in [0.1, 0.15) is 17.5 Å². The number of carbonyl (C=O) groups is 2. The number of rotatable bonds is 2. The molecule has 2 amide bonds. The summed E-state index contributed by atoms with van der Waals surface area (Å²) in [7, 11) is 0. The van der Waals surface area contributed by atoms with Gasteiger partial charge in [-0.3, -0.25) is 9.59 Å². The zero-order valence-corrected chi connectivity index (χ0v) is 15.6. The van der Waals surface area contributed by atoms with Gasteiger partial charge in [-0.05, 0) is 48.7 Å². The minimum atomic E-state index is -0.275. The number of aryl methyl sites for hydroxylation is 1.